The number of nitrogens with one attached hydrogen (secondary N) is 3. The zero-order valence-electron chi connectivity index (χ0n) is 14.1. The van der Waals surface area contributed by atoms with Crippen LogP contribution in [0.2, 0.25) is 0 Å². The normalized spacial score (nSPS) is 10.0. The third-order valence-electron chi connectivity index (χ3n) is 3.38. The molecule has 0 aliphatic heterocycles. The van der Waals surface area contributed by atoms with E-state index in [4.69, 9.17) is 4.74 Å². The lowest BCUT2D eigenvalue weighted by Gasteiger charge is -2.12. The van der Waals surface area contributed by atoms with Gasteiger partial charge in [-0.1, -0.05) is 12.1 Å². The van der Waals surface area contributed by atoms with Gasteiger partial charge in [-0.15, -0.1) is 0 Å². The topological polar surface area (TPSA) is 79.5 Å². The fourth-order valence-electron chi connectivity index (χ4n) is 2.22. The van der Waals surface area contributed by atoms with Crippen LogP contribution in [0.25, 0.3) is 0 Å². The van der Waals surface area contributed by atoms with Crippen molar-refractivity contribution in [1.29, 1.82) is 0 Å². The van der Waals surface area contributed by atoms with E-state index in [9.17, 15) is 14.0 Å². The molecular weight excluding hydrogens is 325 g/mol. The molecule has 6 nitrogen and oxygen atoms in total. The van der Waals surface area contributed by atoms with Gasteiger partial charge < -0.3 is 20.7 Å². The van der Waals surface area contributed by atoms with Crippen molar-refractivity contribution in [2.45, 2.75) is 13.3 Å². The summed E-state index contributed by atoms with van der Waals surface area (Å²) < 4.78 is 18.0. The molecule has 0 atom stereocenters. The van der Waals surface area contributed by atoms with Crippen LogP contribution in [0.1, 0.15) is 12.5 Å². The molecule has 2 rings (SSSR count). The van der Waals surface area contributed by atoms with Gasteiger partial charge in [0.05, 0.1) is 12.8 Å². The highest BCUT2D eigenvalue weighted by Gasteiger charge is 2.08. The van der Waals surface area contributed by atoms with Gasteiger partial charge >= 0.3 is 6.03 Å². The molecule has 0 saturated carbocycles. The van der Waals surface area contributed by atoms with Crippen molar-refractivity contribution in [1.82, 2.24) is 5.32 Å². The summed E-state index contributed by atoms with van der Waals surface area (Å²) in [5.41, 5.74) is 1.92. The molecule has 3 amide bonds. The summed E-state index contributed by atoms with van der Waals surface area (Å²) in [6.07, 6.45) is 0.591. The molecule has 0 aliphatic carbocycles. The molecule has 0 fully saturated rings. The largest absolute Gasteiger partial charge is 0.495 e. The summed E-state index contributed by atoms with van der Waals surface area (Å²) in [5, 5.41) is 8.05. The second-order valence-corrected chi connectivity index (χ2v) is 5.35. The average molecular weight is 345 g/mol. The number of benzene rings is 2. The lowest BCUT2D eigenvalue weighted by molar-refractivity contribution is -0.114. The number of rotatable bonds is 6. The van der Waals surface area contributed by atoms with Crippen LogP contribution >= 0.6 is 0 Å². The maximum Gasteiger partial charge on any atom is 0.319 e. The van der Waals surface area contributed by atoms with E-state index >= 15 is 0 Å². The SMILES string of the molecule is COc1ccc(NC(=O)NCCc2ccc(F)cc2)cc1NC(C)=O. The number of anilines is 2. The number of urea groups is 1. The minimum Gasteiger partial charge on any atom is -0.495 e. The molecule has 3 N–H and O–H groups in total. The second kappa shape index (κ2) is 8.68. The molecule has 0 spiro atoms. The first-order valence-electron chi connectivity index (χ1n) is 7.73. The Labute approximate surface area is 145 Å². The summed E-state index contributed by atoms with van der Waals surface area (Å²) >= 11 is 0. The molecule has 132 valence electrons. The molecule has 0 aliphatic rings. The van der Waals surface area contributed by atoms with Gasteiger partial charge in [-0.25, -0.2) is 9.18 Å². The quantitative estimate of drug-likeness (QED) is 0.752. The summed E-state index contributed by atoms with van der Waals surface area (Å²) in [7, 11) is 1.50. The summed E-state index contributed by atoms with van der Waals surface area (Å²) in [6, 6.07) is 10.7. The Kier molecular flexibility index (Phi) is 6.33. The van der Waals surface area contributed by atoms with Crippen molar-refractivity contribution in [2.75, 3.05) is 24.3 Å². The predicted octanol–water partition coefficient (Wildman–Crippen LogP) is 3.16. The van der Waals surface area contributed by atoms with Crippen LogP contribution in [0.3, 0.4) is 0 Å². The number of carbonyl (C=O) groups excluding carboxylic acids is 2. The van der Waals surface area contributed by atoms with Gasteiger partial charge in [0.15, 0.2) is 0 Å². The Morgan fingerprint density at radius 2 is 1.80 bits per heavy atom. The summed E-state index contributed by atoms with van der Waals surface area (Å²) in [4.78, 5) is 23.2. The van der Waals surface area contributed by atoms with E-state index in [1.165, 1.54) is 26.2 Å². The van der Waals surface area contributed by atoms with Crippen molar-refractivity contribution in [3.05, 3.63) is 53.8 Å². The van der Waals surface area contributed by atoms with Crippen LogP contribution in [0, 0.1) is 5.82 Å². The summed E-state index contributed by atoms with van der Waals surface area (Å²) in [5.74, 6) is -0.0272. The molecule has 2 aromatic rings. The van der Waals surface area contributed by atoms with Crippen LogP contribution in [-0.4, -0.2) is 25.6 Å². The Balaban J connectivity index is 1.89. The van der Waals surface area contributed by atoms with E-state index < -0.39 is 0 Å². The van der Waals surface area contributed by atoms with E-state index in [1.54, 1.807) is 30.3 Å². The molecule has 0 unspecified atom stereocenters. The number of halogens is 1. The number of ether oxygens (including phenoxy) is 1. The molecule has 0 saturated heterocycles. The summed E-state index contributed by atoms with van der Waals surface area (Å²) in [6.45, 7) is 1.80. The highest BCUT2D eigenvalue weighted by atomic mass is 19.1. The minimum atomic E-state index is -0.374. The minimum absolute atomic E-state index is 0.237. The van der Waals surface area contributed by atoms with Gasteiger partial charge in [-0.05, 0) is 42.3 Å². The zero-order chi connectivity index (χ0) is 18.2. The smallest absolute Gasteiger partial charge is 0.319 e. The highest BCUT2D eigenvalue weighted by Crippen LogP contribution is 2.27. The monoisotopic (exact) mass is 345 g/mol. The van der Waals surface area contributed by atoms with E-state index in [1.807, 2.05) is 0 Å². The van der Waals surface area contributed by atoms with E-state index in [0.29, 0.717) is 30.1 Å². The molecule has 7 heteroatoms. The van der Waals surface area contributed by atoms with E-state index in [-0.39, 0.29) is 17.8 Å². The fourth-order valence-corrected chi connectivity index (χ4v) is 2.22. The van der Waals surface area contributed by atoms with Crippen molar-refractivity contribution < 1.29 is 18.7 Å². The van der Waals surface area contributed by atoms with E-state index in [2.05, 4.69) is 16.0 Å². The van der Waals surface area contributed by atoms with Crippen LogP contribution in [0.15, 0.2) is 42.5 Å². The lowest BCUT2D eigenvalue weighted by atomic mass is 10.1. The molecule has 0 heterocycles. The van der Waals surface area contributed by atoms with Crippen LogP contribution in [-0.2, 0) is 11.2 Å². The van der Waals surface area contributed by atoms with Gasteiger partial charge in [-0.3, -0.25) is 4.79 Å². The molecule has 25 heavy (non-hydrogen) atoms. The van der Waals surface area contributed by atoms with Gasteiger partial charge in [0, 0.05) is 19.2 Å². The first-order valence-corrected chi connectivity index (χ1v) is 7.73. The number of methoxy groups -OCH3 is 1. The lowest BCUT2D eigenvalue weighted by Crippen LogP contribution is -2.30. The number of hydrogen-bond acceptors (Lipinski definition) is 3. The maximum absolute atomic E-state index is 12.8. The highest BCUT2D eigenvalue weighted by molar-refractivity contribution is 5.94. The van der Waals surface area contributed by atoms with E-state index in [0.717, 1.165) is 5.56 Å². The average Bonchev–Trinajstić information content (AvgIpc) is 2.56. The maximum atomic E-state index is 12.8. The predicted molar refractivity (Wildman–Crippen MR) is 94.4 cm³/mol. The van der Waals surface area contributed by atoms with Crippen LogP contribution in [0.5, 0.6) is 5.75 Å². The number of carbonyl (C=O) groups is 2. The van der Waals surface area contributed by atoms with Crippen LogP contribution < -0.4 is 20.7 Å². The first-order chi connectivity index (χ1) is 12.0. The molecule has 2 aromatic carbocycles. The van der Waals surface area contributed by atoms with Crippen molar-refractivity contribution >= 4 is 23.3 Å². The second-order valence-electron chi connectivity index (χ2n) is 5.35. The molecule has 0 aromatic heterocycles. The third kappa shape index (κ3) is 5.80. The Hall–Kier alpha value is -3.09. The first kappa shape index (κ1) is 18.3. The van der Waals surface area contributed by atoms with Gasteiger partial charge in [0.1, 0.15) is 11.6 Å². The number of amides is 3. The third-order valence-corrected chi connectivity index (χ3v) is 3.38. The Bertz CT molecular complexity index is 748. The Morgan fingerprint density at radius 3 is 2.44 bits per heavy atom. The van der Waals surface area contributed by atoms with Gasteiger partial charge in [0.25, 0.3) is 0 Å². The van der Waals surface area contributed by atoms with Crippen molar-refractivity contribution in [3.8, 4) is 5.75 Å². The van der Waals surface area contributed by atoms with Crippen molar-refractivity contribution in [2.24, 2.45) is 0 Å². The van der Waals surface area contributed by atoms with Gasteiger partial charge in [0.2, 0.25) is 5.91 Å². The fraction of sp³-hybridized carbons (Fsp3) is 0.222. The van der Waals surface area contributed by atoms with Crippen molar-refractivity contribution in [3.63, 3.8) is 0 Å². The number of hydrogen-bond donors (Lipinski definition) is 3. The Morgan fingerprint density at radius 1 is 1.08 bits per heavy atom. The molecule has 0 bridgehead atoms. The standard InChI is InChI=1S/C18H20FN3O3/c1-12(23)21-16-11-15(7-8-17(16)25-2)22-18(24)20-10-9-13-3-5-14(19)6-4-13/h3-8,11H,9-10H2,1-2H3,(H,21,23)(H2,20,22,24). The molecular formula is C18H20FN3O3. The van der Waals surface area contributed by atoms with Gasteiger partial charge in [-0.2, -0.15) is 0 Å². The van der Waals surface area contributed by atoms with Crippen LogP contribution in [0.4, 0.5) is 20.6 Å². The molecule has 0 radical (unpaired) electrons. The zero-order valence-corrected chi connectivity index (χ0v) is 14.1.